The van der Waals surface area contributed by atoms with Crippen LogP contribution in [0.3, 0.4) is 0 Å². The molecule has 40 heavy (non-hydrogen) atoms. The summed E-state index contributed by atoms with van der Waals surface area (Å²) in [5.41, 5.74) is 7.87. The zero-order chi connectivity index (χ0) is 28.8. The highest BCUT2D eigenvalue weighted by atomic mass is 35.5. The van der Waals surface area contributed by atoms with Gasteiger partial charge >= 0.3 is 6.09 Å². The number of hydrogen-bond acceptors (Lipinski definition) is 6. The molecule has 2 aliphatic rings. The Hall–Kier alpha value is -3.04. The predicted octanol–water partition coefficient (Wildman–Crippen LogP) is 7.47. The lowest BCUT2D eigenvalue weighted by atomic mass is 9.60. The summed E-state index contributed by atoms with van der Waals surface area (Å²) >= 11 is 12.4. The summed E-state index contributed by atoms with van der Waals surface area (Å²) in [4.78, 5) is 18.5. The van der Waals surface area contributed by atoms with Crippen molar-refractivity contribution in [2.75, 3.05) is 18.8 Å². The van der Waals surface area contributed by atoms with Crippen LogP contribution in [-0.2, 0) is 4.74 Å². The lowest BCUT2D eigenvalue weighted by Gasteiger charge is -2.52. The number of nitrogens with two attached hydrogens (primary N) is 1. The summed E-state index contributed by atoms with van der Waals surface area (Å²) in [6.07, 6.45) is 8.58. The van der Waals surface area contributed by atoms with E-state index in [0.717, 1.165) is 49.9 Å². The Balaban J connectivity index is 1.22. The lowest BCUT2D eigenvalue weighted by Crippen LogP contribution is -2.50. The average Bonchev–Trinajstić information content (AvgIpc) is 3.35. The van der Waals surface area contributed by atoms with Crippen molar-refractivity contribution in [3.63, 3.8) is 0 Å². The number of halogens is 3. The summed E-state index contributed by atoms with van der Waals surface area (Å²) in [6, 6.07) is 4.75. The average molecular weight is 591 g/mol. The topological polar surface area (TPSA) is 95.5 Å². The van der Waals surface area contributed by atoms with Gasteiger partial charge in [-0.15, -0.1) is 0 Å². The normalized spacial score (nSPS) is 17.9. The Morgan fingerprint density at radius 1 is 1.18 bits per heavy atom. The van der Waals surface area contributed by atoms with Crippen LogP contribution in [0.15, 0.2) is 36.8 Å². The van der Waals surface area contributed by atoms with Gasteiger partial charge in [0.2, 0.25) is 0 Å². The fourth-order valence-corrected chi connectivity index (χ4v) is 6.26. The number of likely N-dealkylation sites (tertiary alicyclic amines) is 1. The highest BCUT2D eigenvalue weighted by molar-refractivity contribution is 6.36. The SMILES string of the molecule is C[C@@H](Oc1cc(-c2cnn(C3CC4(CCN(C(=O)OC(C)(C)C)CC4)C3)c2)cnc1N)c1c(Cl)ccc(F)c1Cl. The van der Waals surface area contributed by atoms with Crippen molar-refractivity contribution in [2.45, 2.75) is 71.1 Å². The molecule has 3 aromatic rings. The van der Waals surface area contributed by atoms with Gasteiger partial charge in [0.25, 0.3) is 0 Å². The molecule has 2 aromatic heterocycles. The van der Waals surface area contributed by atoms with Crippen molar-refractivity contribution in [3.05, 3.63) is 58.2 Å². The molecule has 2 N–H and O–H groups in total. The second-order valence-electron chi connectivity index (χ2n) is 11.9. The number of aromatic nitrogens is 3. The first-order valence-electron chi connectivity index (χ1n) is 13.4. The molecule has 0 bridgehead atoms. The van der Waals surface area contributed by atoms with Gasteiger partial charge < -0.3 is 20.1 Å². The molecular weight excluding hydrogens is 556 g/mol. The van der Waals surface area contributed by atoms with Crippen LogP contribution >= 0.6 is 23.2 Å². The molecule has 8 nitrogen and oxygen atoms in total. The molecule has 1 atom stereocenters. The van der Waals surface area contributed by atoms with Crippen LogP contribution < -0.4 is 10.5 Å². The first-order chi connectivity index (χ1) is 18.8. The predicted molar refractivity (Wildman–Crippen MR) is 153 cm³/mol. The quantitative estimate of drug-likeness (QED) is 0.310. The third kappa shape index (κ3) is 5.86. The van der Waals surface area contributed by atoms with Crippen molar-refractivity contribution in [1.82, 2.24) is 19.7 Å². The fraction of sp³-hybridized carbons (Fsp3) is 0.483. The summed E-state index contributed by atoms with van der Waals surface area (Å²) in [6.45, 7) is 8.82. The van der Waals surface area contributed by atoms with Gasteiger partial charge in [-0.3, -0.25) is 4.68 Å². The molecule has 11 heteroatoms. The third-order valence-corrected chi connectivity index (χ3v) is 8.51. The molecule has 1 aliphatic heterocycles. The maximum Gasteiger partial charge on any atom is 0.410 e. The second kappa shape index (κ2) is 10.7. The van der Waals surface area contributed by atoms with E-state index in [4.69, 9.17) is 38.4 Å². The van der Waals surface area contributed by atoms with E-state index in [2.05, 4.69) is 10.1 Å². The van der Waals surface area contributed by atoms with Gasteiger partial charge in [-0.1, -0.05) is 23.2 Å². The summed E-state index contributed by atoms with van der Waals surface area (Å²) < 4.78 is 27.6. The summed E-state index contributed by atoms with van der Waals surface area (Å²) in [5, 5.41) is 4.84. The highest BCUT2D eigenvalue weighted by Crippen LogP contribution is 2.54. The van der Waals surface area contributed by atoms with Crippen molar-refractivity contribution in [1.29, 1.82) is 0 Å². The number of anilines is 1. The first-order valence-corrected chi connectivity index (χ1v) is 14.2. The molecule has 1 spiro atoms. The molecule has 214 valence electrons. The van der Waals surface area contributed by atoms with Crippen LogP contribution in [0.5, 0.6) is 5.75 Å². The first kappa shape index (κ1) is 28.5. The third-order valence-electron chi connectivity index (χ3n) is 7.79. The zero-order valence-corrected chi connectivity index (χ0v) is 24.6. The minimum atomic E-state index is -0.661. The van der Waals surface area contributed by atoms with Gasteiger partial charge in [-0.2, -0.15) is 5.10 Å². The number of carbonyl (C=O) groups is 1. The van der Waals surface area contributed by atoms with E-state index >= 15 is 0 Å². The standard InChI is InChI=1S/C29H34Cl2FN5O3/c1-17(24-21(30)5-6-22(32)25(24)31)39-23-11-18(14-34-26(23)33)19-15-35-37(16-19)20-12-29(13-20)7-9-36(10-8-29)27(38)40-28(2,3)4/h5-6,11,14-17,20H,7-10,12-13H2,1-4H3,(H2,33,34)/t17-/m1/s1. The van der Waals surface area contributed by atoms with Gasteiger partial charge in [-0.25, -0.2) is 14.2 Å². The molecule has 0 radical (unpaired) electrons. The molecule has 1 aliphatic carbocycles. The Labute approximate surface area is 243 Å². The number of nitrogen functional groups attached to an aromatic ring is 1. The van der Waals surface area contributed by atoms with Crippen LogP contribution in [0.25, 0.3) is 11.1 Å². The second-order valence-corrected chi connectivity index (χ2v) is 12.6. The van der Waals surface area contributed by atoms with Gasteiger partial charge in [0.15, 0.2) is 11.6 Å². The Morgan fingerprint density at radius 2 is 1.88 bits per heavy atom. The molecule has 0 unspecified atom stereocenters. The van der Waals surface area contributed by atoms with Crippen LogP contribution in [0, 0.1) is 11.2 Å². The molecule has 1 aromatic carbocycles. The van der Waals surface area contributed by atoms with Crippen LogP contribution in [0.1, 0.15) is 71.1 Å². The van der Waals surface area contributed by atoms with E-state index in [-0.39, 0.29) is 22.3 Å². The molecule has 1 saturated heterocycles. The summed E-state index contributed by atoms with van der Waals surface area (Å²) in [7, 11) is 0. The van der Waals surface area contributed by atoms with Crippen LogP contribution in [-0.4, -0.2) is 44.4 Å². The van der Waals surface area contributed by atoms with Crippen molar-refractivity contribution >= 4 is 35.1 Å². The van der Waals surface area contributed by atoms with Gasteiger partial charge in [0.1, 0.15) is 17.5 Å². The minimum absolute atomic E-state index is 0.0854. The highest BCUT2D eigenvalue weighted by Gasteiger charge is 2.47. The monoisotopic (exact) mass is 589 g/mol. The van der Waals surface area contributed by atoms with Gasteiger partial charge in [0.05, 0.1) is 17.3 Å². The maximum absolute atomic E-state index is 14.0. The molecule has 1 saturated carbocycles. The smallest absolute Gasteiger partial charge is 0.410 e. The molecular formula is C29H34Cl2FN5O3. The number of hydrogen-bond donors (Lipinski definition) is 1. The van der Waals surface area contributed by atoms with Crippen LogP contribution in [0.4, 0.5) is 15.0 Å². The van der Waals surface area contributed by atoms with Crippen LogP contribution in [0.2, 0.25) is 10.0 Å². The van der Waals surface area contributed by atoms with E-state index < -0.39 is 17.5 Å². The number of carbonyl (C=O) groups excluding carboxylic acids is 1. The lowest BCUT2D eigenvalue weighted by molar-refractivity contribution is -0.0258. The summed E-state index contributed by atoms with van der Waals surface area (Å²) in [5.74, 6) is -0.0334. The minimum Gasteiger partial charge on any atom is -0.482 e. The number of pyridine rings is 1. The van der Waals surface area contributed by atoms with Crippen molar-refractivity contribution in [3.8, 4) is 16.9 Å². The Morgan fingerprint density at radius 3 is 2.55 bits per heavy atom. The number of amides is 1. The number of ether oxygens (including phenoxy) is 2. The van der Waals surface area contributed by atoms with Crippen molar-refractivity contribution < 1.29 is 18.7 Å². The van der Waals surface area contributed by atoms with Crippen molar-refractivity contribution in [2.24, 2.45) is 5.41 Å². The van der Waals surface area contributed by atoms with Gasteiger partial charge in [0, 0.05) is 47.2 Å². The van der Waals surface area contributed by atoms with E-state index in [0.29, 0.717) is 22.4 Å². The largest absolute Gasteiger partial charge is 0.482 e. The zero-order valence-electron chi connectivity index (χ0n) is 23.1. The number of rotatable bonds is 5. The molecule has 5 rings (SSSR count). The fourth-order valence-electron chi connectivity index (χ4n) is 5.58. The Kier molecular flexibility index (Phi) is 7.65. The van der Waals surface area contributed by atoms with E-state index in [1.165, 1.54) is 12.1 Å². The number of piperidine rings is 1. The molecule has 3 heterocycles. The van der Waals surface area contributed by atoms with E-state index in [1.54, 1.807) is 25.4 Å². The number of benzene rings is 1. The van der Waals surface area contributed by atoms with Gasteiger partial charge in [-0.05, 0) is 77.0 Å². The Bertz CT molecular complexity index is 1410. The van der Waals surface area contributed by atoms with E-state index in [9.17, 15) is 9.18 Å². The maximum atomic E-state index is 14.0. The molecule has 1 amide bonds. The number of nitrogens with zero attached hydrogens (tertiary/aromatic N) is 4. The van der Waals surface area contributed by atoms with E-state index in [1.807, 2.05) is 36.5 Å². The molecule has 2 fully saturated rings.